The summed E-state index contributed by atoms with van der Waals surface area (Å²) in [5, 5.41) is 9.06. The van der Waals surface area contributed by atoms with Crippen molar-refractivity contribution in [3.05, 3.63) is 29.6 Å². The number of aromatic hydroxyl groups is 1. The standard InChI is InChI=1S/C12H17FN2O2/c1-8(6-14)7-15(2)12(17)10-4-3-9(16)5-11(10)13/h3-5,8,16H,6-7,14H2,1-2H3. The van der Waals surface area contributed by atoms with Crippen molar-refractivity contribution >= 4 is 5.91 Å². The van der Waals surface area contributed by atoms with E-state index in [1.807, 2.05) is 6.92 Å². The Balaban J connectivity index is 2.81. The molecule has 4 nitrogen and oxygen atoms in total. The quantitative estimate of drug-likeness (QED) is 0.831. The minimum Gasteiger partial charge on any atom is -0.508 e. The predicted molar refractivity (Wildman–Crippen MR) is 63.2 cm³/mol. The average molecular weight is 240 g/mol. The summed E-state index contributed by atoms with van der Waals surface area (Å²) in [5.41, 5.74) is 5.42. The Bertz CT molecular complexity index is 409. The lowest BCUT2D eigenvalue weighted by atomic mass is 10.1. The highest BCUT2D eigenvalue weighted by Gasteiger charge is 2.17. The number of phenols is 1. The topological polar surface area (TPSA) is 66.6 Å². The van der Waals surface area contributed by atoms with E-state index in [9.17, 15) is 9.18 Å². The van der Waals surface area contributed by atoms with Crippen LogP contribution in [0, 0.1) is 11.7 Å². The average Bonchev–Trinajstić information content (AvgIpc) is 2.28. The lowest BCUT2D eigenvalue weighted by molar-refractivity contribution is 0.0773. The van der Waals surface area contributed by atoms with E-state index < -0.39 is 11.7 Å². The first-order valence-corrected chi connectivity index (χ1v) is 5.39. The van der Waals surface area contributed by atoms with Gasteiger partial charge in [0.25, 0.3) is 5.91 Å². The first kappa shape index (κ1) is 13.4. The van der Waals surface area contributed by atoms with Gasteiger partial charge in [0, 0.05) is 19.7 Å². The summed E-state index contributed by atoms with van der Waals surface area (Å²) in [4.78, 5) is 13.3. The van der Waals surface area contributed by atoms with Crippen molar-refractivity contribution in [1.82, 2.24) is 4.90 Å². The highest BCUT2D eigenvalue weighted by molar-refractivity contribution is 5.94. The Morgan fingerprint density at radius 2 is 2.24 bits per heavy atom. The maximum absolute atomic E-state index is 13.4. The molecule has 94 valence electrons. The van der Waals surface area contributed by atoms with Crippen molar-refractivity contribution in [3.63, 3.8) is 0 Å². The van der Waals surface area contributed by atoms with Gasteiger partial charge in [-0.25, -0.2) is 4.39 Å². The van der Waals surface area contributed by atoms with Crippen LogP contribution in [-0.2, 0) is 0 Å². The molecule has 0 radical (unpaired) electrons. The molecule has 1 atom stereocenters. The van der Waals surface area contributed by atoms with Crippen LogP contribution in [0.4, 0.5) is 4.39 Å². The number of benzene rings is 1. The molecule has 0 heterocycles. The van der Waals surface area contributed by atoms with Gasteiger partial charge in [-0.3, -0.25) is 4.79 Å². The van der Waals surface area contributed by atoms with Gasteiger partial charge >= 0.3 is 0 Å². The molecule has 0 spiro atoms. The maximum Gasteiger partial charge on any atom is 0.256 e. The van der Waals surface area contributed by atoms with E-state index >= 15 is 0 Å². The molecule has 0 fully saturated rings. The predicted octanol–water partition coefficient (Wildman–Crippen LogP) is 1.20. The van der Waals surface area contributed by atoms with Crippen LogP contribution in [0.5, 0.6) is 5.75 Å². The zero-order valence-electron chi connectivity index (χ0n) is 9.98. The molecule has 1 unspecified atom stereocenters. The van der Waals surface area contributed by atoms with E-state index in [0.717, 1.165) is 6.07 Å². The zero-order valence-corrected chi connectivity index (χ0v) is 9.98. The molecule has 0 aliphatic rings. The van der Waals surface area contributed by atoms with Crippen LogP contribution in [0.25, 0.3) is 0 Å². The second-order valence-electron chi connectivity index (χ2n) is 4.19. The molecule has 0 aliphatic heterocycles. The molecule has 5 heteroatoms. The first-order chi connectivity index (χ1) is 7.95. The van der Waals surface area contributed by atoms with Crippen LogP contribution >= 0.6 is 0 Å². The molecular formula is C12H17FN2O2. The number of halogens is 1. The summed E-state index contributed by atoms with van der Waals surface area (Å²) in [6, 6.07) is 3.49. The third-order valence-corrected chi connectivity index (χ3v) is 2.52. The third-order valence-electron chi connectivity index (χ3n) is 2.52. The molecular weight excluding hydrogens is 223 g/mol. The summed E-state index contributed by atoms with van der Waals surface area (Å²) in [6.45, 7) is 2.85. The molecule has 3 N–H and O–H groups in total. The van der Waals surface area contributed by atoms with Crippen molar-refractivity contribution in [2.45, 2.75) is 6.92 Å². The Labute approximate surface area is 99.8 Å². The number of nitrogens with two attached hydrogens (primary N) is 1. The molecule has 0 aliphatic carbocycles. The molecule has 0 bridgehead atoms. The van der Waals surface area contributed by atoms with Gasteiger partial charge in [-0.05, 0) is 24.6 Å². The van der Waals surface area contributed by atoms with E-state index in [-0.39, 0.29) is 17.2 Å². The van der Waals surface area contributed by atoms with Crippen LogP contribution in [0.15, 0.2) is 18.2 Å². The fourth-order valence-electron chi connectivity index (χ4n) is 1.51. The Morgan fingerprint density at radius 1 is 1.59 bits per heavy atom. The molecule has 1 aromatic carbocycles. The normalized spacial score (nSPS) is 12.2. The van der Waals surface area contributed by atoms with Crippen LogP contribution < -0.4 is 5.73 Å². The largest absolute Gasteiger partial charge is 0.508 e. The summed E-state index contributed by atoms with van der Waals surface area (Å²) < 4.78 is 13.4. The number of hydrogen-bond acceptors (Lipinski definition) is 3. The highest BCUT2D eigenvalue weighted by atomic mass is 19.1. The number of rotatable bonds is 4. The van der Waals surface area contributed by atoms with Gasteiger partial charge in [0.15, 0.2) is 0 Å². The fraction of sp³-hybridized carbons (Fsp3) is 0.417. The monoisotopic (exact) mass is 240 g/mol. The van der Waals surface area contributed by atoms with E-state index in [0.29, 0.717) is 13.1 Å². The van der Waals surface area contributed by atoms with Crippen molar-refractivity contribution in [3.8, 4) is 5.75 Å². The van der Waals surface area contributed by atoms with Gasteiger partial charge in [-0.15, -0.1) is 0 Å². The summed E-state index contributed by atoms with van der Waals surface area (Å²) >= 11 is 0. The highest BCUT2D eigenvalue weighted by Crippen LogP contribution is 2.16. The number of carbonyl (C=O) groups is 1. The zero-order chi connectivity index (χ0) is 13.0. The van der Waals surface area contributed by atoms with Crippen LogP contribution in [0.3, 0.4) is 0 Å². The van der Waals surface area contributed by atoms with E-state index in [4.69, 9.17) is 10.8 Å². The fourth-order valence-corrected chi connectivity index (χ4v) is 1.51. The second-order valence-corrected chi connectivity index (χ2v) is 4.19. The maximum atomic E-state index is 13.4. The minimum absolute atomic E-state index is 0.0467. The molecule has 1 amide bonds. The van der Waals surface area contributed by atoms with Crippen molar-refractivity contribution in [1.29, 1.82) is 0 Å². The van der Waals surface area contributed by atoms with Crippen molar-refractivity contribution in [2.24, 2.45) is 11.7 Å². The van der Waals surface area contributed by atoms with Gasteiger partial charge < -0.3 is 15.7 Å². The van der Waals surface area contributed by atoms with Gasteiger partial charge in [-0.1, -0.05) is 6.92 Å². The lowest BCUT2D eigenvalue weighted by Crippen LogP contribution is -2.33. The van der Waals surface area contributed by atoms with E-state index in [1.165, 1.54) is 17.0 Å². The number of amides is 1. The summed E-state index contributed by atoms with van der Waals surface area (Å²) in [7, 11) is 1.60. The summed E-state index contributed by atoms with van der Waals surface area (Å²) in [5.74, 6) is -1.17. The van der Waals surface area contributed by atoms with Crippen molar-refractivity contribution < 1.29 is 14.3 Å². The van der Waals surface area contributed by atoms with E-state index in [2.05, 4.69) is 0 Å². The SMILES string of the molecule is CC(CN)CN(C)C(=O)c1ccc(O)cc1F. The molecule has 1 rings (SSSR count). The smallest absolute Gasteiger partial charge is 0.256 e. The van der Waals surface area contributed by atoms with Crippen LogP contribution in [-0.4, -0.2) is 36.1 Å². The minimum atomic E-state index is -0.720. The van der Waals surface area contributed by atoms with Crippen LogP contribution in [0.1, 0.15) is 17.3 Å². The Morgan fingerprint density at radius 3 is 2.76 bits per heavy atom. The van der Waals surface area contributed by atoms with Gasteiger partial charge in [0.2, 0.25) is 0 Å². The second kappa shape index (κ2) is 5.63. The lowest BCUT2D eigenvalue weighted by Gasteiger charge is -2.21. The van der Waals surface area contributed by atoms with Gasteiger partial charge in [0.1, 0.15) is 11.6 Å². The van der Waals surface area contributed by atoms with E-state index in [1.54, 1.807) is 7.05 Å². The van der Waals surface area contributed by atoms with Gasteiger partial charge in [0.05, 0.1) is 5.56 Å². The molecule has 0 aromatic heterocycles. The molecule has 1 aromatic rings. The number of carbonyl (C=O) groups excluding carboxylic acids is 1. The summed E-state index contributed by atoms with van der Waals surface area (Å²) in [6.07, 6.45) is 0. The van der Waals surface area contributed by atoms with Crippen LogP contribution in [0.2, 0.25) is 0 Å². The van der Waals surface area contributed by atoms with Gasteiger partial charge in [-0.2, -0.15) is 0 Å². The Kier molecular flexibility index (Phi) is 4.45. The number of phenolic OH excluding ortho intramolecular Hbond substituents is 1. The molecule has 0 saturated heterocycles. The first-order valence-electron chi connectivity index (χ1n) is 5.39. The molecule has 17 heavy (non-hydrogen) atoms. The van der Waals surface area contributed by atoms with Crippen molar-refractivity contribution in [2.75, 3.05) is 20.1 Å². The third kappa shape index (κ3) is 3.42. The molecule has 0 saturated carbocycles. The number of hydrogen-bond donors (Lipinski definition) is 2. The Hall–Kier alpha value is -1.62. The number of nitrogens with zero attached hydrogens (tertiary/aromatic N) is 1.